The van der Waals surface area contributed by atoms with E-state index >= 15 is 0 Å². The molecule has 0 amide bonds. The fourth-order valence-electron chi connectivity index (χ4n) is 3.46. The number of anilines is 3. The minimum Gasteiger partial charge on any atom is -0.545 e. The molecule has 138 valence electrons. The molecule has 2 aromatic carbocycles. The van der Waals surface area contributed by atoms with Crippen molar-refractivity contribution in [2.75, 3.05) is 30.4 Å². The first kappa shape index (κ1) is 17.1. The Morgan fingerprint density at radius 2 is 1.89 bits per heavy atom. The minimum atomic E-state index is -1.27. The van der Waals surface area contributed by atoms with Crippen LogP contribution in [0.4, 0.5) is 17.1 Å². The Kier molecular flexibility index (Phi) is 4.54. The molecular formula is C21H20N3O3-. The molecule has 6 heteroatoms. The lowest BCUT2D eigenvalue weighted by Crippen LogP contribution is -2.23. The second-order valence-electron chi connectivity index (χ2n) is 6.58. The zero-order valence-corrected chi connectivity index (χ0v) is 15.1. The summed E-state index contributed by atoms with van der Waals surface area (Å²) in [7, 11) is 1.57. The maximum atomic E-state index is 11.6. The average molecular weight is 362 g/mol. The van der Waals surface area contributed by atoms with Gasteiger partial charge < -0.3 is 24.9 Å². The molecule has 4 rings (SSSR count). The van der Waals surface area contributed by atoms with Crippen molar-refractivity contribution in [1.82, 2.24) is 4.98 Å². The molecule has 1 aliphatic heterocycles. The number of carboxylic acid groups (broad SMARTS) is 1. The molecule has 1 aromatic heterocycles. The smallest absolute Gasteiger partial charge is 0.119 e. The van der Waals surface area contributed by atoms with Crippen LogP contribution >= 0.6 is 0 Å². The third kappa shape index (κ3) is 3.38. The number of aromatic nitrogens is 1. The number of nitrogens with one attached hydrogen (secondary N) is 1. The zero-order valence-electron chi connectivity index (χ0n) is 15.1. The van der Waals surface area contributed by atoms with Crippen molar-refractivity contribution < 1.29 is 14.6 Å². The van der Waals surface area contributed by atoms with E-state index in [0.29, 0.717) is 22.3 Å². The van der Waals surface area contributed by atoms with Crippen LogP contribution in [0.3, 0.4) is 0 Å². The van der Waals surface area contributed by atoms with Crippen LogP contribution in [0.2, 0.25) is 0 Å². The monoisotopic (exact) mass is 362 g/mol. The average Bonchev–Trinajstić information content (AvgIpc) is 3.23. The zero-order chi connectivity index (χ0) is 18.8. The van der Waals surface area contributed by atoms with E-state index in [4.69, 9.17) is 4.74 Å². The van der Waals surface area contributed by atoms with Crippen LogP contribution in [0.5, 0.6) is 5.75 Å². The molecule has 0 aliphatic carbocycles. The molecule has 3 aromatic rings. The lowest BCUT2D eigenvalue weighted by molar-refractivity contribution is -0.254. The first-order valence-electron chi connectivity index (χ1n) is 8.96. The number of ether oxygens (including phenoxy) is 1. The molecule has 0 bridgehead atoms. The first-order valence-corrected chi connectivity index (χ1v) is 8.96. The van der Waals surface area contributed by atoms with E-state index in [1.807, 2.05) is 12.1 Å². The van der Waals surface area contributed by atoms with Gasteiger partial charge in [-0.25, -0.2) is 0 Å². The van der Waals surface area contributed by atoms with Crippen LogP contribution in [0.1, 0.15) is 23.2 Å². The van der Waals surface area contributed by atoms with Crippen molar-refractivity contribution in [3.8, 4) is 5.75 Å². The van der Waals surface area contributed by atoms with Crippen LogP contribution in [0.25, 0.3) is 10.9 Å². The number of hydrogen-bond acceptors (Lipinski definition) is 6. The standard InChI is InChI=1S/C21H21N3O3/c1-27-16-8-9-19-17(12-16)20(18(13-22-19)21(25)26)23-14-4-6-15(7-5-14)24-10-2-3-11-24/h4-9,12-13H,2-3,10-11H2,1H3,(H,22,23)(H,25,26)/p-1. The second-order valence-corrected chi connectivity index (χ2v) is 6.58. The van der Waals surface area contributed by atoms with Crippen LogP contribution in [-0.4, -0.2) is 31.2 Å². The number of rotatable bonds is 5. The van der Waals surface area contributed by atoms with Gasteiger partial charge in [0, 0.05) is 41.6 Å². The van der Waals surface area contributed by atoms with Crippen LogP contribution in [0, 0.1) is 0 Å². The molecule has 1 saturated heterocycles. The molecule has 0 atom stereocenters. The number of aromatic carboxylic acids is 1. The molecule has 27 heavy (non-hydrogen) atoms. The van der Waals surface area contributed by atoms with Gasteiger partial charge in [-0.1, -0.05) is 0 Å². The summed E-state index contributed by atoms with van der Waals surface area (Å²) in [6, 6.07) is 13.4. The lowest BCUT2D eigenvalue weighted by atomic mass is 10.1. The van der Waals surface area contributed by atoms with E-state index in [1.165, 1.54) is 24.7 Å². The topological polar surface area (TPSA) is 77.5 Å². The number of carbonyl (C=O) groups is 1. The Morgan fingerprint density at radius 1 is 1.15 bits per heavy atom. The molecule has 1 aliphatic rings. The van der Waals surface area contributed by atoms with Crippen molar-refractivity contribution in [2.24, 2.45) is 0 Å². The second kappa shape index (κ2) is 7.15. The summed E-state index contributed by atoms with van der Waals surface area (Å²) >= 11 is 0. The number of nitrogens with zero attached hydrogens (tertiary/aromatic N) is 2. The predicted molar refractivity (Wildman–Crippen MR) is 104 cm³/mol. The molecule has 6 nitrogen and oxygen atoms in total. The van der Waals surface area contributed by atoms with Gasteiger partial charge >= 0.3 is 0 Å². The van der Waals surface area contributed by atoms with Gasteiger partial charge in [-0.2, -0.15) is 0 Å². The Labute approximate surface area is 157 Å². The van der Waals surface area contributed by atoms with E-state index in [0.717, 1.165) is 18.8 Å². The van der Waals surface area contributed by atoms with E-state index in [9.17, 15) is 9.90 Å². The molecule has 1 N–H and O–H groups in total. The summed E-state index contributed by atoms with van der Waals surface area (Å²) in [4.78, 5) is 18.2. The summed E-state index contributed by atoms with van der Waals surface area (Å²) in [5.41, 5.74) is 3.12. The SMILES string of the molecule is COc1ccc2ncc(C(=O)[O-])c(Nc3ccc(N4CCCC4)cc3)c2c1. The van der Waals surface area contributed by atoms with Crippen molar-refractivity contribution >= 4 is 33.9 Å². The van der Waals surface area contributed by atoms with Crippen LogP contribution in [0.15, 0.2) is 48.7 Å². The van der Waals surface area contributed by atoms with Gasteiger partial charge in [0.2, 0.25) is 0 Å². The molecular weight excluding hydrogens is 342 g/mol. The van der Waals surface area contributed by atoms with Crippen molar-refractivity contribution in [2.45, 2.75) is 12.8 Å². The van der Waals surface area contributed by atoms with Crippen LogP contribution < -0.4 is 20.1 Å². The van der Waals surface area contributed by atoms with Gasteiger partial charge in [-0.15, -0.1) is 0 Å². The van der Waals surface area contributed by atoms with Crippen molar-refractivity contribution in [3.63, 3.8) is 0 Å². The predicted octanol–water partition coefficient (Wildman–Crippen LogP) is 2.95. The number of fused-ring (bicyclic) bond motifs is 1. The highest BCUT2D eigenvalue weighted by Gasteiger charge is 2.14. The quantitative estimate of drug-likeness (QED) is 0.752. The van der Waals surface area contributed by atoms with Crippen molar-refractivity contribution in [1.29, 1.82) is 0 Å². The Bertz CT molecular complexity index is 980. The summed E-state index contributed by atoms with van der Waals surface area (Å²) in [6.07, 6.45) is 3.77. The van der Waals surface area contributed by atoms with Gasteiger partial charge in [0.25, 0.3) is 0 Å². The van der Waals surface area contributed by atoms with Gasteiger partial charge in [-0.3, -0.25) is 4.98 Å². The molecule has 0 saturated carbocycles. The third-order valence-corrected chi connectivity index (χ3v) is 4.90. The number of carbonyl (C=O) groups excluding carboxylic acids is 1. The van der Waals surface area contributed by atoms with Gasteiger partial charge in [0.05, 0.1) is 24.3 Å². The fourth-order valence-corrected chi connectivity index (χ4v) is 3.46. The van der Waals surface area contributed by atoms with E-state index in [-0.39, 0.29) is 5.56 Å². The summed E-state index contributed by atoms with van der Waals surface area (Å²) in [6.45, 7) is 2.16. The van der Waals surface area contributed by atoms with E-state index < -0.39 is 5.97 Å². The van der Waals surface area contributed by atoms with Gasteiger partial charge in [-0.05, 0) is 55.3 Å². The number of carboxylic acids is 1. The Morgan fingerprint density at radius 3 is 2.56 bits per heavy atom. The fraction of sp³-hybridized carbons (Fsp3) is 0.238. The van der Waals surface area contributed by atoms with Gasteiger partial charge in [0.1, 0.15) is 5.75 Å². The third-order valence-electron chi connectivity index (χ3n) is 4.90. The van der Waals surface area contributed by atoms with E-state index in [2.05, 4.69) is 27.3 Å². The normalized spacial score (nSPS) is 13.7. The maximum Gasteiger partial charge on any atom is 0.119 e. The summed E-state index contributed by atoms with van der Waals surface area (Å²) in [5, 5.41) is 15.5. The van der Waals surface area contributed by atoms with Gasteiger partial charge in [0.15, 0.2) is 0 Å². The molecule has 0 spiro atoms. The van der Waals surface area contributed by atoms with E-state index in [1.54, 1.807) is 25.3 Å². The minimum absolute atomic E-state index is 0.0133. The summed E-state index contributed by atoms with van der Waals surface area (Å²) < 4.78 is 5.28. The highest BCUT2D eigenvalue weighted by molar-refractivity contribution is 6.05. The highest BCUT2D eigenvalue weighted by Crippen LogP contribution is 2.32. The van der Waals surface area contributed by atoms with Crippen molar-refractivity contribution in [3.05, 3.63) is 54.2 Å². The molecule has 1 fully saturated rings. The molecule has 0 unspecified atom stereocenters. The molecule has 0 radical (unpaired) electrons. The maximum absolute atomic E-state index is 11.6. The van der Waals surface area contributed by atoms with Crippen LogP contribution in [-0.2, 0) is 0 Å². The lowest BCUT2D eigenvalue weighted by Gasteiger charge is -2.19. The number of hydrogen-bond donors (Lipinski definition) is 1. The highest BCUT2D eigenvalue weighted by atomic mass is 16.5. The largest absolute Gasteiger partial charge is 0.545 e. The first-order chi connectivity index (χ1) is 13.2. The molecule has 2 heterocycles. The Hall–Kier alpha value is -3.28. The number of benzene rings is 2. The number of methoxy groups -OCH3 is 1. The summed E-state index contributed by atoms with van der Waals surface area (Å²) in [5.74, 6) is -0.643. The number of pyridine rings is 1. The Balaban J connectivity index is 1.73.